The fraction of sp³-hybridized carbons (Fsp3) is 0.944. The Balaban J connectivity index is 3.30. The van der Waals surface area contributed by atoms with E-state index in [-0.39, 0.29) is 24.2 Å². The van der Waals surface area contributed by atoms with Crippen molar-refractivity contribution in [2.24, 2.45) is 0 Å². The van der Waals surface area contributed by atoms with Crippen LogP contribution in [0.3, 0.4) is 0 Å². The maximum absolute atomic E-state index is 11.9. The van der Waals surface area contributed by atoms with Gasteiger partial charge in [0.05, 0.1) is 12.7 Å². The van der Waals surface area contributed by atoms with Gasteiger partial charge in [-0.2, -0.15) is 0 Å². The first-order valence-corrected chi connectivity index (χ1v) is 20.2. The average molecular weight is 452 g/mol. The predicted octanol–water partition coefficient (Wildman–Crippen LogP) is 3.15. The van der Waals surface area contributed by atoms with Crippen LogP contribution in [-0.2, 0) is 27.5 Å². The highest BCUT2D eigenvalue weighted by Crippen LogP contribution is 2.31. The summed E-state index contributed by atoms with van der Waals surface area (Å²) in [5.41, 5.74) is 0. The van der Waals surface area contributed by atoms with Crippen LogP contribution in [0.15, 0.2) is 0 Å². The van der Waals surface area contributed by atoms with Crippen LogP contribution in [0, 0.1) is 0 Å². The van der Waals surface area contributed by atoms with E-state index in [0.29, 0.717) is 6.61 Å². The first kappa shape index (κ1) is 26.0. The van der Waals surface area contributed by atoms with Gasteiger partial charge in [0, 0.05) is 14.0 Å². The number of hydrogen-bond donors (Lipinski definition) is 1. The number of ether oxygens (including phenoxy) is 2. The summed E-state index contributed by atoms with van der Waals surface area (Å²) in [4.78, 5) is 11.9. The zero-order chi connectivity index (χ0) is 21.9. The SMILES string of the molecule is COC1OC(CO[Si](C)(C)C)C(O[Si](C)(C)C)C(O[Si](C)(C)C)C1NC(C)=O. The molecule has 28 heavy (non-hydrogen) atoms. The van der Waals surface area contributed by atoms with Gasteiger partial charge < -0.3 is 28.1 Å². The highest BCUT2D eigenvalue weighted by atomic mass is 28.4. The Hall–Kier alpha value is -0.0794. The third kappa shape index (κ3) is 9.16. The Morgan fingerprint density at radius 1 is 0.893 bits per heavy atom. The summed E-state index contributed by atoms with van der Waals surface area (Å²) >= 11 is 0. The molecule has 1 fully saturated rings. The van der Waals surface area contributed by atoms with E-state index < -0.39 is 37.3 Å². The zero-order valence-electron chi connectivity index (χ0n) is 19.5. The Morgan fingerprint density at radius 3 is 1.79 bits per heavy atom. The number of amides is 1. The summed E-state index contributed by atoms with van der Waals surface area (Å²) in [5, 5.41) is 2.98. The van der Waals surface area contributed by atoms with E-state index in [1.54, 1.807) is 7.11 Å². The largest absolute Gasteiger partial charge is 0.415 e. The van der Waals surface area contributed by atoms with Crippen molar-refractivity contribution in [1.82, 2.24) is 5.32 Å². The van der Waals surface area contributed by atoms with Crippen molar-refractivity contribution in [1.29, 1.82) is 0 Å². The molecule has 166 valence electrons. The summed E-state index contributed by atoms with van der Waals surface area (Å²) in [6.07, 6.45) is -1.65. The lowest BCUT2D eigenvalue weighted by atomic mass is 9.97. The van der Waals surface area contributed by atoms with Crippen LogP contribution in [0.5, 0.6) is 0 Å². The van der Waals surface area contributed by atoms with Gasteiger partial charge in [-0.05, 0) is 58.9 Å². The first-order valence-electron chi connectivity index (χ1n) is 9.97. The molecular weight excluding hydrogens is 410 g/mol. The minimum Gasteiger partial charge on any atom is -0.415 e. The molecular formula is C18H41NO6Si3. The Labute approximate surface area is 174 Å². The van der Waals surface area contributed by atoms with Crippen molar-refractivity contribution in [3.63, 3.8) is 0 Å². The molecule has 1 saturated heterocycles. The van der Waals surface area contributed by atoms with Crippen LogP contribution in [0.1, 0.15) is 6.92 Å². The Bertz CT molecular complexity index is 515. The first-order chi connectivity index (χ1) is 12.5. The second-order valence-electron chi connectivity index (χ2n) is 10.3. The lowest BCUT2D eigenvalue weighted by molar-refractivity contribution is -0.255. The molecule has 1 rings (SSSR count). The molecule has 1 aliphatic rings. The normalized spacial score (nSPS) is 29.6. The second kappa shape index (κ2) is 9.82. The number of carbonyl (C=O) groups is 1. The van der Waals surface area contributed by atoms with Crippen molar-refractivity contribution < 1.29 is 27.5 Å². The van der Waals surface area contributed by atoms with E-state index in [4.69, 9.17) is 22.8 Å². The van der Waals surface area contributed by atoms with E-state index in [1.807, 2.05) is 0 Å². The third-order valence-corrected chi connectivity index (χ3v) is 6.90. The maximum Gasteiger partial charge on any atom is 0.217 e. The standard InChI is InChI=1S/C18H41NO6Si3/c1-13(20)19-15-17(25-28(9,10)11)16(24-27(6,7)8)14(23-18(15)21-2)12-22-26(3,4)5/h14-18H,12H2,1-11H3,(H,19,20). The highest BCUT2D eigenvalue weighted by molar-refractivity contribution is 6.70. The molecule has 1 heterocycles. The van der Waals surface area contributed by atoms with Crippen molar-refractivity contribution in [3.8, 4) is 0 Å². The van der Waals surface area contributed by atoms with Gasteiger partial charge in [0.2, 0.25) is 5.91 Å². The van der Waals surface area contributed by atoms with Crippen LogP contribution in [-0.4, -0.2) is 75.2 Å². The van der Waals surface area contributed by atoms with Crippen LogP contribution in [0.25, 0.3) is 0 Å². The molecule has 0 spiro atoms. The molecule has 1 aliphatic heterocycles. The Morgan fingerprint density at radius 2 is 1.39 bits per heavy atom. The lowest BCUT2D eigenvalue weighted by Gasteiger charge is -2.49. The third-order valence-electron chi connectivity index (χ3n) is 3.91. The van der Waals surface area contributed by atoms with E-state index in [1.165, 1.54) is 6.92 Å². The van der Waals surface area contributed by atoms with Crippen LogP contribution >= 0.6 is 0 Å². The fourth-order valence-corrected chi connectivity index (χ4v) is 5.92. The lowest BCUT2D eigenvalue weighted by Crippen LogP contribution is -2.68. The van der Waals surface area contributed by atoms with E-state index in [0.717, 1.165) is 0 Å². The summed E-state index contributed by atoms with van der Waals surface area (Å²) < 4.78 is 31.1. The van der Waals surface area contributed by atoms with E-state index in [9.17, 15) is 4.79 Å². The summed E-state index contributed by atoms with van der Waals surface area (Å²) in [6.45, 7) is 21.2. The molecule has 1 N–H and O–H groups in total. The molecule has 7 nitrogen and oxygen atoms in total. The summed E-state index contributed by atoms with van der Waals surface area (Å²) in [6, 6.07) is -0.446. The maximum atomic E-state index is 11.9. The van der Waals surface area contributed by atoms with Gasteiger partial charge in [0.25, 0.3) is 0 Å². The molecule has 1 amide bonds. The predicted molar refractivity (Wildman–Crippen MR) is 119 cm³/mol. The number of rotatable bonds is 9. The summed E-state index contributed by atoms with van der Waals surface area (Å²) in [5.74, 6) is -0.150. The molecule has 0 radical (unpaired) electrons. The topological polar surface area (TPSA) is 75.2 Å². The summed E-state index contributed by atoms with van der Waals surface area (Å²) in [7, 11) is -4.02. The van der Waals surface area contributed by atoms with Crippen LogP contribution in [0.4, 0.5) is 0 Å². The van der Waals surface area contributed by atoms with Crippen molar-refractivity contribution in [2.75, 3.05) is 13.7 Å². The van der Waals surface area contributed by atoms with Gasteiger partial charge in [0.1, 0.15) is 18.2 Å². The average Bonchev–Trinajstić information content (AvgIpc) is 2.45. The monoisotopic (exact) mass is 451 g/mol. The van der Waals surface area contributed by atoms with Gasteiger partial charge in [0.15, 0.2) is 31.2 Å². The molecule has 5 unspecified atom stereocenters. The van der Waals surface area contributed by atoms with Gasteiger partial charge in [-0.15, -0.1) is 0 Å². The number of methoxy groups -OCH3 is 1. The molecule has 5 atom stereocenters. The number of carbonyl (C=O) groups excluding carboxylic acids is 1. The second-order valence-corrected chi connectivity index (χ2v) is 23.8. The van der Waals surface area contributed by atoms with Crippen LogP contribution < -0.4 is 5.32 Å². The smallest absolute Gasteiger partial charge is 0.217 e. The quantitative estimate of drug-likeness (QED) is 0.543. The molecule has 0 bridgehead atoms. The van der Waals surface area contributed by atoms with Crippen molar-refractivity contribution >= 4 is 30.9 Å². The van der Waals surface area contributed by atoms with Gasteiger partial charge in [-0.1, -0.05) is 0 Å². The molecule has 0 aromatic rings. The van der Waals surface area contributed by atoms with Gasteiger partial charge in [-0.25, -0.2) is 0 Å². The van der Waals surface area contributed by atoms with Gasteiger partial charge >= 0.3 is 0 Å². The molecule has 10 heteroatoms. The zero-order valence-corrected chi connectivity index (χ0v) is 22.5. The Kier molecular flexibility index (Phi) is 9.10. The minimum atomic E-state index is -1.95. The fourth-order valence-electron chi connectivity index (χ4n) is 3.06. The van der Waals surface area contributed by atoms with Crippen LogP contribution in [0.2, 0.25) is 58.9 Å². The van der Waals surface area contributed by atoms with Crippen molar-refractivity contribution in [2.45, 2.75) is 96.5 Å². The molecule has 0 aliphatic carbocycles. The van der Waals surface area contributed by atoms with Gasteiger partial charge in [-0.3, -0.25) is 4.79 Å². The highest BCUT2D eigenvalue weighted by Gasteiger charge is 2.50. The minimum absolute atomic E-state index is 0.150. The number of hydrogen-bond acceptors (Lipinski definition) is 6. The molecule has 0 aromatic carbocycles. The molecule has 0 saturated carbocycles. The van der Waals surface area contributed by atoms with E-state index >= 15 is 0 Å². The number of nitrogens with one attached hydrogen (secondary N) is 1. The molecule has 0 aromatic heterocycles. The van der Waals surface area contributed by atoms with E-state index in [2.05, 4.69) is 64.2 Å². The van der Waals surface area contributed by atoms with Crippen molar-refractivity contribution in [3.05, 3.63) is 0 Å².